The van der Waals surface area contributed by atoms with Gasteiger partial charge in [0.2, 0.25) is 0 Å². The molecule has 108 valence electrons. The zero-order valence-corrected chi connectivity index (χ0v) is 11.9. The van der Waals surface area contributed by atoms with E-state index in [1.165, 1.54) is 0 Å². The molecule has 1 heterocycles. The minimum Gasteiger partial charge on any atom is -0.322 e. The molecule has 1 aromatic rings. The topological polar surface area (TPSA) is 83.2 Å². The molecule has 0 aromatic heterocycles. The lowest BCUT2D eigenvalue weighted by Crippen LogP contribution is -2.52. The van der Waals surface area contributed by atoms with Crippen LogP contribution >= 0.6 is 0 Å². The van der Waals surface area contributed by atoms with Crippen molar-refractivity contribution in [1.82, 2.24) is 9.80 Å². The van der Waals surface area contributed by atoms with E-state index in [1.807, 2.05) is 13.0 Å². The maximum atomic E-state index is 12.2. The molecule has 1 N–H and O–H groups in total. The Bertz CT molecular complexity index is 593. The minimum atomic E-state index is -0.172. The number of anilines is 1. The zero-order chi connectivity index (χ0) is 15.2. The quantitative estimate of drug-likeness (QED) is 0.894. The molecule has 1 fully saturated rings. The normalized spacial score (nSPS) is 16.6. The number of piperazine rings is 1. The average Bonchev–Trinajstić information content (AvgIpc) is 2.54. The molecule has 1 aliphatic heterocycles. The number of carbonyl (C=O) groups is 1. The monoisotopic (exact) mass is 283 g/mol. The van der Waals surface area contributed by atoms with Crippen LogP contribution in [-0.2, 0) is 0 Å². The van der Waals surface area contributed by atoms with Gasteiger partial charge in [-0.3, -0.25) is 4.90 Å². The van der Waals surface area contributed by atoms with Crippen LogP contribution in [0.2, 0.25) is 0 Å². The Balaban J connectivity index is 1.91. The van der Waals surface area contributed by atoms with Gasteiger partial charge < -0.3 is 10.2 Å². The first-order valence-electron chi connectivity index (χ1n) is 6.84. The van der Waals surface area contributed by atoms with Gasteiger partial charge in [0.1, 0.15) is 0 Å². The molecule has 0 aliphatic carbocycles. The van der Waals surface area contributed by atoms with E-state index in [9.17, 15) is 4.79 Å². The SMILES string of the molecule is CC(C#N)N1CCN(C(=O)Nc2cccc(C#N)c2)CC1. The molecule has 2 amide bonds. The Morgan fingerprint density at radius 3 is 2.62 bits per heavy atom. The second kappa shape index (κ2) is 6.74. The van der Waals surface area contributed by atoms with E-state index >= 15 is 0 Å². The van der Waals surface area contributed by atoms with Gasteiger partial charge in [-0.05, 0) is 25.1 Å². The summed E-state index contributed by atoms with van der Waals surface area (Å²) in [6, 6.07) is 10.8. The third-order valence-corrected chi connectivity index (χ3v) is 3.58. The molecule has 1 aliphatic rings. The molecule has 1 aromatic carbocycles. The van der Waals surface area contributed by atoms with Crippen LogP contribution in [0.15, 0.2) is 24.3 Å². The number of rotatable bonds is 2. The zero-order valence-electron chi connectivity index (χ0n) is 11.9. The average molecular weight is 283 g/mol. The first kappa shape index (κ1) is 14.8. The first-order chi connectivity index (χ1) is 10.1. The van der Waals surface area contributed by atoms with E-state index in [0.717, 1.165) is 0 Å². The lowest BCUT2D eigenvalue weighted by atomic mass is 10.2. The maximum Gasteiger partial charge on any atom is 0.321 e. The summed E-state index contributed by atoms with van der Waals surface area (Å²) in [7, 11) is 0. The molecule has 1 atom stereocenters. The molecular formula is C15H17N5O. The number of urea groups is 1. The summed E-state index contributed by atoms with van der Waals surface area (Å²) < 4.78 is 0. The summed E-state index contributed by atoms with van der Waals surface area (Å²) in [5.41, 5.74) is 1.13. The van der Waals surface area contributed by atoms with Crippen LogP contribution in [0.25, 0.3) is 0 Å². The van der Waals surface area contributed by atoms with E-state index in [4.69, 9.17) is 10.5 Å². The lowest BCUT2D eigenvalue weighted by Gasteiger charge is -2.35. The molecule has 0 radical (unpaired) electrons. The van der Waals surface area contributed by atoms with Gasteiger partial charge in [0.15, 0.2) is 0 Å². The van der Waals surface area contributed by atoms with Gasteiger partial charge in [-0.25, -0.2) is 4.79 Å². The fraction of sp³-hybridized carbons (Fsp3) is 0.400. The first-order valence-corrected chi connectivity index (χ1v) is 6.84. The summed E-state index contributed by atoms with van der Waals surface area (Å²) in [5.74, 6) is 0. The van der Waals surface area contributed by atoms with Gasteiger partial charge in [0, 0.05) is 31.9 Å². The predicted molar refractivity (Wildman–Crippen MR) is 78.4 cm³/mol. The number of nitriles is 2. The highest BCUT2D eigenvalue weighted by molar-refractivity contribution is 5.89. The highest BCUT2D eigenvalue weighted by Crippen LogP contribution is 2.12. The van der Waals surface area contributed by atoms with Crippen molar-refractivity contribution in [3.8, 4) is 12.1 Å². The standard InChI is InChI=1S/C15H17N5O/c1-12(10-16)19-5-7-20(8-6-19)15(21)18-14-4-2-3-13(9-14)11-17/h2-4,9,12H,5-8H2,1H3,(H,18,21). The van der Waals surface area contributed by atoms with Gasteiger partial charge in [0.25, 0.3) is 0 Å². The molecule has 0 saturated carbocycles. The summed E-state index contributed by atoms with van der Waals surface area (Å²) in [6.07, 6.45) is 0. The lowest BCUT2D eigenvalue weighted by molar-refractivity contribution is 0.135. The highest BCUT2D eigenvalue weighted by atomic mass is 16.2. The summed E-state index contributed by atoms with van der Waals surface area (Å²) in [4.78, 5) is 15.9. The highest BCUT2D eigenvalue weighted by Gasteiger charge is 2.23. The van der Waals surface area contributed by atoms with Crippen molar-refractivity contribution < 1.29 is 4.79 Å². The van der Waals surface area contributed by atoms with Crippen molar-refractivity contribution in [2.45, 2.75) is 13.0 Å². The molecule has 6 nitrogen and oxygen atoms in total. The fourth-order valence-corrected chi connectivity index (χ4v) is 2.26. The van der Waals surface area contributed by atoms with E-state index in [1.54, 1.807) is 29.2 Å². The Labute approximate surface area is 124 Å². The van der Waals surface area contributed by atoms with Crippen molar-refractivity contribution in [2.24, 2.45) is 0 Å². The number of nitrogens with zero attached hydrogens (tertiary/aromatic N) is 4. The number of carbonyl (C=O) groups excluding carboxylic acids is 1. The Kier molecular flexibility index (Phi) is 4.76. The summed E-state index contributed by atoms with van der Waals surface area (Å²) in [6.45, 7) is 4.44. The maximum absolute atomic E-state index is 12.2. The van der Waals surface area contributed by atoms with E-state index in [-0.39, 0.29) is 12.1 Å². The van der Waals surface area contributed by atoms with E-state index in [0.29, 0.717) is 37.4 Å². The molecular weight excluding hydrogens is 266 g/mol. The van der Waals surface area contributed by atoms with Crippen LogP contribution in [-0.4, -0.2) is 48.1 Å². The van der Waals surface area contributed by atoms with Crippen LogP contribution < -0.4 is 5.32 Å². The molecule has 6 heteroatoms. The molecule has 0 spiro atoms. The second-order valence-corrected chi connectivity index (χ2v) is 4.95. The van der Waals surface area contributed by atoms with Crippen molar-refractivity contribution in [3.05, 3.63) is 29.8 Å². The van der Waals surface area contributed by atoms with Crippen LogP contribution in [0.3, 0.4) is 0 Å². The number of amides is 2. The van der Waals surface area contributed by atoms with Gasteiger partial charge >= 0.3 is 6.03 Å². The number of benzene rings is 1. The Morgan fingerprint density at radius 1 is 1.29 bits per heavy atom. The van der Waals surface area contributed by atoms with Crippen LogP contribution in [0, 0.1) is 22.7 Å². The molecule has 1 unspecified atom stereocenters. The second-order valence-electron chi connectivity index (χ2n) is 4.95. The van der Waals surface area contributed by atoms with Crippen molar-refractivity contribution >= 4 is 11.7 Å². The number of hydrogen-bond donors (Lipinski definition) is 1. The van der Waals surface area contributed by atoms with Crippen LogP contribution in [0.1, 0.15) is 12.5 Å². The van der Waals surface area contributed by atoms with Gasteiger partial charge in [-0.2, -0.15) is 10.5 Å². The van der Waals surface area contributed by atoms with Crippen LogP contribution in [0.5, 0.6) is 0 Å². The van der Waals surface area contributed by atoms with Gasteiger partial charge in [-0.1, -0.05) is 6.07 Å². The third-order valence-electron chi connectivity index (χ3n) is 3.58. The fourth-order valence-electron chi connectivity index (χ4n) is 2.26. The van der Waals surface area contributed by atoms with Crippen molar-refractivity contribution in [3.63, 3.8) is 0 Å². The molecule has 21 heavy (non-hydrogen) atoms. The minimum absolute atomic E-state index is 0.123. The van der Waals surface area contributed by atoms with Crippen molar-refractivity contribution in [1.29, 1.82) is 10.5 Å². The molecule has 0 bridgehead atoms. The van der Waals surface area contributed by atoms with E-state index in [2.05, 4.69) is 16.3 Å². The summed E-state index contributed by atoms with van der Waals surface area (Å²) in [5, 5.41) is 20.5. The Hall–Kier alpha value is -2.57. The molecule has 1 saturated heterocycles. The molecule has 2 rings (SSSR count). The number of hydrogen-bond acceptors (Lipinski definition) is 4. The van der Waals surface area contributed by atoms with Gasteiger partial charge in [0.05, 0.1) is 23.7 Å². The number of nitrogens with one attached hydrogen (secondary N) is 1. The van der Waals surface area contributed by atoms with Crippen LogP contribution in [0.4, 0.5) is 10.5 Å². The Morgan fingerprint density at radius 2 is 2.00 bits per heavy atom. The largest absolute Gasteiger partial charge is 0.322 e. The van der Waals surface area contributed by atoms with Crippen molar-refractivity contribution in [2.75, 3.05) is 31.5 Å². The summed E-state index contributed by atoms with van der Waals surface area (Å²) >= 11 is 0. The van der Waals surface area contributed by atoms with E-state index < -0.39 is 0 Å². The predicted octanol–water partition coefficient (Wildman–Crippen LogP) is 1.62. The third kappa shape index (κ3) is 3.71. The smallest absolute Gasteiger partial charge is 0.321 e. The van der Waals surface area contributed by atoms with Gasteiger partial charge in [-0.15, -0.1) is 0 Å².